The summed E-state index contributed by atoms with van der Waals surface area (Å²) in [7, 11) is -3.52. The molecule has 1 aromatic carbocycles. The van der Waals surface area contributed by atoms with Gasteiger partial charge in [0.2, 0.25) is 6.54 Å². The molecule has 11 heteroatoms. The fourth-order valence-electron chi connectivity index (χ4n) is 4.67. The number of hydrogen-bond acceptors (Lipinski definition) is 5. The largest absolute Gasteiger partial charge is 0.350 e. The van der Waals surface area contributed by atoms with E-state index in [2.05, 4.69) is 22.0 Å². The van der Waals surface area contributed by atoms with Gasteiger partial charge in [0.05, 0.1) is 15.6 Å². The molecule has 31 heavy (non-hydrogen) atoms. The Morgan fingerprint density at radius 1 is 1.16 bits per heavy atom. The van der Waals surface area contributed by atoms with E-state index in [4.69, 9.17) is 23.2 Å². The highest BCUT2D eigenvalue weighted by atomic mass is 35.5. The van der Waals surface area contributed by atoms with Gasteiger partial charge >= 0.3 is 0 Å². The van der Waals surface area contributed by atoms with Crippen molar-refractivity contribution in [3.8, 4) is 0 Å². The van der Waals surface area contributed by atoms with Gasteiger partial charge < -0.3 is 5.32 Å². The van der Waals surface area contributed by atoms with Crippen LogP contribution in [0.15, 0.2) is 23.3 Å². The van der Waals surface area contributed by atoms with Crippen LogP contribution in [0.1, 0.15) is 36.0 Å². The third kappa shape index (κ3) is 4.39. The van der Waals surface area contributed by atoms with Crippen LogP contribution < -0.4 is 5.32 Å². The highest BCUT2D eigenvalue weighted by Crippen LogP contribution is 2.36. The average molecular weight is 487 g/mol. The van der Waals surface area contributed by atoms with Gasteiger partial charge in [-0.05, 0) is 25.0 Å². The Labute approximate surface area is 192 Å². The Balaban J connectivity index is 1.42. The third-order valence-electron chi connectivity index (χ3n) is 6.42. The molecule has 0 aromatic heterocycles. The van der Waals surface area contributed by atoms with Crippen molar-refractivity contribution in [3.05, 3.63) is 33.8 Å². The molecule has 0 radical (unpaired) electrons. The van der Waals surface area contributed by atoms with Crippen molar-refractivity contribution in [2.45, 2.75) is 31.2 Å². The number of amides is 1. The number of benzene rings is 1. The van der Waals surface area contributed by atoms with E-state index < -0.39 is 10.0 Å². The highest BCUT2D eigenvalue weighted by molar-refractivity contribution is 8.04. The highest BCUT2D eigenvalue weighted by Gasteiger charge is 2.45. The number of rotatable bonds is 5. The summed E-state index contributed by atoms with van der Waals surface area (Å²) in [6, 6.07) is 5.00. The molecule has 168 valence electrons. The van der Waals surface area contributed by atoms with Crippen molar-refractivity contribution >= 4 is 50.9 Å². The molecule has 0 bridgehead atoms. The third-order valence-corrected chi connectivity index (χ3v) is 8.90. The van der Waals surface area contributed by atoms with E-state index in [1.54, 1.807) is 18.2 Å². The first-order valence-corrected chi connectivity index (χ1v) is 12.6. The van der Waals surface area contributed by atoms with Crippen LogP contribution >= 0.6 is 23.2 Å². The predicted octanol–water partition coefficient (Wildman–Crippen LogP) is 2.02. The van der Waals surface area contributed by atoms with Crippen LogP contribution in [0.4, 0.5) is 0 Å². The van der Waals surface area contributed by atoms with Gasteiger partial charge in [0.25, 0.3) is 21.0 Å². The zero-order valence-corrected chi connectivity index (χ0v) is 19.5. The fourth-order valence-corrected chi connectivity index (χ4v) is 6.72. The number of nitrogens with one attached hydrogen (secondary N) is 1. The summed E-state index contributed by atoms with van der Waals surface area (Å²) >= 11 is 12.4. The summed E-state index contributed by atoms with van der Waals surface area (Å²) in [6.07, 6.45) is 4.08. The second-order valence-corrected chi connectivity index (χ2v) is 11.0. The molecule has 2 fully saturated rings. The normalized spacial score (nSPS) is 22.1. The van der Waals surface area contributed by atoms with Crippen molar-refractivity contribution in [1.29, 1.82) is 0 Å². The first-order chi connectivity index (χ1) is 14.7. The van der Waals surface area contributed by atoms with Gasteiger partial charge in [0.15, 0.2) is 6.72 Å². The van der Waals surface area contributed by atoms with Crippen molar-refractivity contribution in [2.24, 2.45) is 5.10 Å². The monoisotopic (exact) mass is 486 g/mol. The molecule has 1 saturated carbocycles. The van der Waals surface area contributed by atoms with E-state index in [9.17, 15) is 13.2 Å². The van der Waals surface area contributed by atoms with Gasteiger partial charge in [-0.3, -0.25) is 9.69 Å². The quantitative estimate of drug-likeness (QED) is 0.645. The Kier molecular flexibility index (Phi) is 6.42. The van der Waals surface area contributed by atoms with Crippen LogP contribution in [-0.4, -0.2) is 84.8 Å². The molecule has 1 amide bonds. The maximum atomic E-state index is 12.8. The smallest absolute Gasteiger partial charge is 0.281 e. The van der Waals surface area contributed by atoms with Crippen molar-refractivity contribution in [3.63, 3.8) is 0 Å². The number of piperazine rings is 1. The molecule has 0 unspecified atom stereocenters. The van der Waals surface area contributed by atoms with Crippen LogP contribution in [0.3, 0.4) is 0 Å². The van der Waals surface area contributed by atoms with Gasteiger partial charge in [0.1, 0.15) is 0 Å². The second kappa shape index (κ2) is 8.78. The summed E-state index contributed by atoms with van der Waals surface area (Å²) in [5.74, 6) is -0.288. The van der Waals surface area contributed by atoms with Crippen molar-refractivity contribution < 1.29 is 17.9 Å². The second-order valence-electron chi connectivity index (χ2n) is 8.26. The zero-order chi connectivity index (χ0) is 22.2. The molecular weight excluding hydrogens is 461 g/mol. The first kappa shape index (κ1) is 22.7. The Hall–Kier alpha value is -1.52. The van der Waals surface area contributed by atoms with Crippen LogP contribution in [0, 0.1) is 0 Å². The maximum absolute atomic E-state index is 12.8. The van der Waals surface area contributed by atoms with E-state index in [0.717, 1.165) is 25.7 Å². The van der Waals surface area contributed by atoms with Gasteiger partial charge in [-0.2, -0.15) is 4.31 Å². The molecule has 1 aliphatic carbocycles. The number of halogens is 2. The van der Waals surface area contributed by atoms with Crippen molar-refractivity contribution in [2.75, 3.05) is 39.3 Å². The van der Waals surface area contributed by atoms with E-state index in [1.807, 2.05) is 0 Å². The number of sulfonamides is 1. The SMILES string of the molecule is C=[N+]1CC(S(=O)(=O)N2CCN(C3(CNC(=O)c4c(Cl)cccc4Cl)CCCC3)CC2)=N1. The number of hydrazone groups is 1. The molecule has 2 aliphatic heterocycles. The summed E-state index contributed by atoms with van der Waals surface area (Å²) in [4.78, 5) is 15.1. The van der Waals surface area contributed by atoms with E-state index >= 15 is 0 Å². The topological polar surface area (TPSA) is 85.1 Å². The minimum absolute atomic E-state index is 0.176. The number of nitrogens with zero attached hydrogens (tertiary/aromatic N) is 4. The first-order valence-electron chi connectivity index (χ1n) is 10.4. The summed E-state index contributed by atoms with van der Waals surface area (Å²) in [5.41, 5.74) is 0.104. The summed E-state index contributed by atoms with van der Waals surface area (Å²) in [5, 5.41) is 7.75. The lowest BCUT2D eigenvalue weighted by Gasteiger charge is -2.45. The standard InChI is InChI=1S/C20H25Cl2N5O3S/c1-25-13-17(24-25)31(29,30)27-11-9-26(10-12-27)20(7-2-3-8-20)14-23-19(28)18-15(21)5-4-6-16(18)22/h4-6H,1-3,7-14H2/p+1. The Morgan fingerprint density at radius 3 is 2.29 bits per heavy atom. The average Bonchev–Trinajstić information content (AvgIpc) is 3.20. The molecule has 3 aliphatic rings. The lowest BCUT2D eigenvalue weighted by molar-refractivity contribution is -0.532. The lowest BCUT2D eigenvalue weighted by atomic mass is 9.93. The fraction of sp³-hybridized carbons (Fsp3) is 0.550. The molecule has 0 spiro atoms. The molecule has 4 rings (SSSR count). The van der Waals surface area contributed by atoms with Crippen LogP contribution in [-0.2, 0) is 10.0 Å². The molecule has 1 N–H and O–H groups in total. The number of carbonyl (C=O) groups excluding carboxylic acids is 1. The molecule has 1 saturated heterocycles. The van der Waals surface area contributed by atoms with Gasteiger partial charge in [-0.25, -0.2) is 8.42 Å². The minimum Gasteiger partial charge on any atom is -0.350 e. The lowest BCUT2D eigenvalue weighted by Crippen LogP contribution is -2.61. The van der Waals surface area contributed by atoms with Gasteiger partial charge in [-0.15, -0.1) is 0 Å². The van der Waals surface area contributed by atoms with Gasteiger partial charge in [0, 0.05) is 43.4 Å². The molecule has 8 nitrogen and oxygen atoms in total. The molecule has 0 atom stereocenters. The Morgan fingerprint density at radius 2 is 1.74 bits per heavy atom. The van der Waals surface area contributed by atoms with E-state index in [0.29, 0.717) is 42.8 Å². The predicted molar refractivity (Wildman–Crippen MR) is 122 cm³/mol. The summed E-state index contributed by atoms with van der Waals surface area (Å²) in [6.45, 7) is 6.37. The van der Waals surface area contributed by atoms with Crippen LogP contribution in [0.5, 0.6) is 0 Å². The number of carbonyl (C=O) groups is 1. The Bertz CT molecular complexity index is 1010. The number of hydrogen-bond donors (Lipinski definition) is 1. The van der Waals surface area contributed by atoms with E-state index in [1.165, 1.54) is 8.99 Å². The molecule has 2 heterocycles. The minimum atomic E-state index is -3.52. The molecular formula is C20H26Cl2N5O3S+. The van der Waals surface area contributed by atoms with E-state index in [-0.39, 0.29) is 28.6 Å². The van der Waals surface area contributed by atoms with Crippen LogP contribution in [0.2, 0.25) is 10.0 Å². The summed E-state index contributed by atoms with van der Waals surface area (Å²) < 4.78 is 28.3. The van der Waals surface area contributed by atoms with Crippen LogP contribution in [0.25, 0.3) is 0 Å². The van der Waals surface area contributed by atoms with Gasteiger partial charge in [-0.1, -0.05) is 46.8 Å². The molecule has 1 aromatic rings. The zero-order valence-electron chi connectivity index (χ0n) is 17.2. The maximum Gasteiger partial charge on any atom is 0.281 e. The van der Waals surface area contributed by atoms with Crippen molar-refractivity contribution in [1.82, 2.24) is 14.5 Å².